The standard InChI is InChI=1S/C23H26ClFN2O2/c1-23(2,3)13-22(28)27(14-17-7-4-5-10-20(17)24)15-19-12-21(26-29-19)16-8-6-9-18(25)11-16/h4-11,19H,12-15H2,1-3H3/t19-/m1/s1. The average Bonchev–Trinajstić information content (AvgIpc) is 3.10. The van der Waals surface area contributed by atoms with Crippen LogP contribution in [0.3, 0.4) is 0 Å². The highest BCUT2D eigenvalue weighted by Crippen LogP contribution is 2.25. The highest BCUT2D eigenvalue weighted by atomic mass is 35.5. The van der Waals surface area contributed by atoms with E-state index in [9.17, 15) is 9.18 Å². The zero-order valence-electron chi connectivity index (χ0n) is 17.0. The van der Waals surface area contributed by atoms with Crippen molar-refractivity contribution in [2.75, 3.05) is 6.54 Å². The molecule has 0 bridgehead atoms. The van der Waals surface area contributed by atoms with Gasteiger partial charge in [0.25, 0.3) is 0 Å². The minimum absolute atomic E-state index is 0.0419. The van der Waals surface area contributed by atoms with Crippen LogP contribution in [0.5, 0.6) is 0 Å². The molecule has 1 aliphatic rings. The number of hydrogen-bond acceptors (Lipinski definition) is 3. The number of benzene rings is 2. The molecule has 0 fully saturated rings. The zero-order chi connectivity index (χ0) is 21.0. The van der Waals surface area contributed by atoms with Gasteiger partial charge in [0, 0.05) is 30.0 Å². The molecular formula is C23H26ClFN2O2. The Morgan fingerprint density at radius 2 is 2.00 bits per heavy atom. The van der Waals surface area contributed by atoms with E-state index in [1.807, 2.05) is 45.0 Å². The second kappa shape index (κ2) is 8.95. The fourth-order valence-corrected chi connectivity index (χ4v) is 3.46. The summed E-state index contributed by atoms with van der Waals surface area (Å²) in [5.41, 5.74) is 2.15. The van der Waals surface area contributed by atoms with Crippen LogP contribution in [-0.2, 0) is 16.2 Å². The first kappa shape index (κ1) is 21.3. The second-order valence-electron chi connectivity index (χ2n) is 8.58. The van der Waals surface area contributed by atoms with Crippen LogP contribution in [0.15, 0.2) is 53.7 Å². The van der Waals surface area contributed by atoms with Crippen LogP contribution >= 0.6 is 11.6 Å². The summed E-state index contributed by atoms with van der Waals surface area (Å²) in [7, 11) is 0. The average molecular weight is 417 g/mol. The molecule has 29 heavy (non-hydrogen) atoms. The van der Waals surface area contributed by atoms with Gasteiger partial charge < -0.3 is 9.74 Å². The van der Waals surface area contributed by atoms with Gasteiger partial charge >= 0.3 is 0 Å². The van der Waals surface area contributed by atoms with E-state index in [0.717, 1.165) is 5.56 Å². The Morgan fingerprint density at radius 1 is 1.24 bits per heavy atom. The van der Waals surface area contributed by atoms with Gasteiger partial charge in [0.2, 0.25) is 5.91 Å². The fraction of sp³-hybridized carbons (Fsp3) is 0.391. The Balaban J connectivity index is 1.72. The predicted molar refractivity (Wildman–Crippen MR) is 113 cm³/mol. The lowest BCUT2D eigenvalue weighted by Crippen LogP contribution is -2.38. The Morgan fingerprint density at radius 3 is 2.69 bits per heavy atom. The van der Waals surface area contributed by atoms with Crippen LogP contribution in [0, 0.1) is 11.2 Å². The molecule has 154 valence electrons. The number of rotatable bonds is 6. The monoisotopic (exact) mass is 416 g/mol. The molecule has 2 aromatic carbocycles. The van der Waals surface area contributed by atoms with Crippen molar-refractivity contribution in [1.29, 1.82) is 0 Å². The summed E-state index contributed by atoms with van der Waals surface area (Å²) in [6, 6.07) is 13.8. The molecule has 0 aliphatic carbocycles. The van der Waals surface area contributed by atoms with Crippen molar-refractivity contribution >= 4 is 23.2 Å². The van der Waals surface area contributed by atoms with Crippen molar-refractivity contribution in [3.63, 3.8) is 0 Å². The molecule has 0 unspecified atom stereocenters. The lowest BCUT2D eigenvalue weighted by atomic mass is 9.91. The van der Waals surface area contributed by atoms with Crippen LogP contribution in [-0.4, -0.2) is 29.2 Å². The molecular weight excluding hydrogens is 391 g/mol. The quantitative estimate of drug-likeness (QED) is 0.629. The maximum atomic E-state index is 13.5. The molecule has 1 amide bonds. The number of oxime groups is 1. The lowest BCUT2D eigenvalue weighted by Gasteiger charge is -2.28. The smallest absolute Gasteiger partial charge is 0.223 e. The van der Waals surface area contributed by atoms with Crippen LogP contribution in [0.25, 0.3) is 0 Å². The van der Waals surface area contributed by atoms with Crippen LogP contribution in [0.2, 0.25) is 5.02 Å². The summed E-state index contributed by atoms with van der Waals surface area (Å²) in [5.74, 6) is -0.269. The number of hydrogen-bond donors (Lipinski definition) is 0. The molecule has 0 saturated heterocycles. The van der Waals surface area contributed by atoms with Crippen molar-refractivity contribution in [2.45, 2.75) is 46.3 Å². The highest BCUT2D eigenvalue weighted by molar-refractivity contribution is 6.31. The van der Waals surface area contributed by atoms with E-state index >= 15 is 0 Å². The van der Waals surface area contributed by atoms with Gasteiger partial charge in [0.15, 0.2) is 6.10 Å². The van der Waals surface area contributed by atoms with Gasteiger partial charge in [-0.3, -0.25) is 4.79 Å². The van der Waals surface area contributed by atoms with Gasteiger partial charge in [0.05, 0.1) is 12.3 Å². The van der Waals surface area contributed by atoms with Gasteiger partial charge in [-0.1, -0.05) is 67.9 Å². The number of carbonyl (C=O) groups is 1. The molecule has 0 spiro atoms. The molecule has 0 N–H and O–H groups in total. The number of nitrogens with zero attached hydrogens (tertiary/aromatic N) is 2. The lowest BCUT2D eigenvalue weighted by molar-refractivity contribution is -0.135. The van der Waals surface area contributed by atoms with Crippen molar-refractivity contribution in [3.05, 3.63) is 70.5 Å². The highest BCUT2D eigenvalue weighted by Gasteiger charge is 2.29. The van der Waals surface area contributed by atoms with Gasteiger partial charge in [0.1, 0.15) is 5.82 Å². The van der Waals surface area contributed by atoms with E-state index in [-0.39, 0.29) is 23.2 Å². The molecule has 4 nitrogen and oxygen atoms in total. The zero-order valence-corrected chi connectivity index (χ0v) is 17.7. The maximum absolute atomic E-state index is 13.5. The first-order valence-electron chi connectivity index (χ1n) is 9.71. The minimum atomic E-state index is -0.311. The fourth-order valence-electron chi connectivity index (χ4n) is 3.26. The predicted octanol–water partition coefficient (Wildman–Crippen LogP) is 5.44. The first-order valence-corrected chi connectivity index (χ1v) is 10.1. The molecule has 1 heterocycles. The Kier molecular flexibility index (Phi) is 6.58. The van der Waals surface area contributed by atoms with Gasteiger partial charge in [-0.05, 0) is 29.2 Å². The van der Waals surface area contributed by atoms with Crippen molar-refractivity contribution < 1.29 is 14.0 Å². The second-order valence-corrected chi connectivity index (χ2v) is 8.99. The molecule has 2 aromatic rings. The summed E-state index contributed by atoms with van der Waals surface area (Å²) in [4.78, 5) is 20.4. The molecule has 0 aromatic heterocycles. The van der Waals surface area contributed by atoms with Gasteiger partial charge in [-0.25, -0.2) is 4.39 Å². The molecule has 0 radical (unpaired) electrons. The Hall–Kier alpha value is -2.40. The van der Waals surface area contributed by atoms with Crippen LogP contribution in [0.4, 0.5) is 4.39 Å². The van der Waals surface area contributed by atoms with E-state index in [2.05, 4.69) is 5.16 Å². The van der Waals surface area contributed by atoms with Crippen molar-refractivity contribution in [1.82, 2.24) is 4.90 Å². The summed E-state index contributed by atoms with van der Waals surface area (Å²) < 4.78 is 13.5. The third-order valence-electron chi connectivity index (χ3n) is 4.67. The number of amides is 1. The van der Waals surface area contributed by atoms with E-state index < -0.39 is 0 Å². The molecule has 1 aliphatic heterocycles. The normalized spacial score (nSPS) is 16.3. The molecule has 1 atom stereocenters. The van der Waals surface area contributed by atoms with Crippen LogP contribution < -0.4 is 0 Å². The molecule has 3 rings (SSSR count). The maximum Gasteiger partial charge on any atom is 0.223 e. The summed E-state index contributed by atoms with van der Waals surface area (Å²) in [5, 5.41) is 4.76. The van der Waals surface area contributed by atoms with Gasteiger partial charge in [-0.2, -0.15) is 0 Å². The summed E-state index contributed by atoms with van der Waals surface area (Å²) in [6.45, 7) is 6.91. The third-order valence-corrected chi connectivity index (χ3v) is 5.04. The van der Waals surface area contributed by atoms with Crippen molar-refractivity contribution in [2.24, 2.45) is 10.6 Å². The van der Waals surface area contributed by atoms with Crippen molar-refractivity contribution in [3.8, 4) is 0 Å². The Bertz CT molecular complexity index is 908. The summed E-state index contributed by atoms with van der Waals surface area (Å²) in [6.07, 6.45) is 0.659. The molecule has 0 saturated carbocycles. The van der Waals surface area contributed by atoms with E-state index in [0.29, 0.717) is 42.2 Å². The van der Waals surface area contributed by atoms with Crippen LogP contribution in [0.1, 0.15) is 44.7 Å². The SMILES string of the molecule is CC(C)(C)CC(=O)N(Cc1ccccc1Cl)C[C@H]1CC(c2cccc(F)c2)=NO1. The number of carbonyl (C=O) groups excluding carboxylic acids is 1. The van der Waals surface area contributed by atoms with E-state index in [1.165, 1.54) is 12.1 Å². The minimum Gasteiger partial charge on any atom is -0.390 e. The number of halogens is 2. The largest absolute Gasteiger partial charge is 0.390 e. The van der Waals surface area contributed by atoms with Gasteiger partial charge in [-0.15, -0.1) is 0 Å². The Labute approximate surface area is 176 Å². The topological polar surface area (TPSA) is 41.9 Å². The summed E-state index contributed by atoms with van der Waals surface area (Å²) >= 11 is 6.31. The van der Waals surface area contributed by atoms with E-state index in [1.54, 1.807) is 17.0 Å². The van der Waals surface area contributed by atoms with E-state index in [4.69, 9.17) is 16.4 Å². The molecule has 6 heteroatoms. The third kappa shape index (κ3) is 6.04. The first-order chi connectivity index (χ1) is 13.7.